The molecule has 6 nitrogen and oxygen atoms in total. The number of carbonyl (C=O) groups excluding carboxylic acids is 1. The van der Waals surface area contributed by atoms with Crippen molar-refractivity contribution >= 4 is 26.8 Å². The number of hydrogen-bond acceptors (Lipinski definition) is 5. The van der Waals surface area contributed by atoms with E-state index in [1.165, 1.54) is 6.07 Å². The van der Waals surface area contributed by atoms with Crippen molar-refractivity contribution in [1.82, 2.24) is 9.71 Å². The van der Waals surface area contributed by atoms with Gasteiger partial charge in [-0.1, -0.05) is 12.1 Å². The van der Waals surface area contributed by atoms with Crippen LogP contribution in [-0.4, -0.2) is 32.0 Å². The SMILES string of the molecule is Cc1cnc2c(S(=O)(=O)NC(=O)CC[C@@H]3CCCO3)cccc2c1. The maximum atomic E-state index is 12.5. The van der Waals surface area contributed by atoms with Gasteiger partial charge in [0, 0.05) is 24.6 Å². The molecule has 3 rings (SSSR count). The summed E-state index contributed by atoms with van der Waals surface area (Å²) in [5, 5.41) is 0.727. The monoisotopic (exact) mass is 348 g/mol. The lowest BCUT2D eigenvalue weighted by Crippen LogP contribution is -2.31. The lowest BCUT2D eigenvalue weighted by molar-refractivity contribution is -0.119. The van der Waals surface area contributed by atoms with E-state index >= 15 is 0 Å². The predicted octanol–water partition coefficient (Wildman–Crippen LogP) is 2.31. The highest BCUT2D eigenvalue weighted by molar-refractivity contribution is 7.90. The van der Waals surface area contributed by atoms with E-state index in [1.807, 2.05) is 13.0 Å². The van der Waals surface area contributed by atoms with Crippen LogP contribution in [0.2, 0.25) is 0 Å². The van der Waals surface area contributed by atoms with Crippen LogP contribution in [0.3, 0.4) is 0 Å². The van der Waals surface area contributed by atoms with Crippen LogP contribution in [0, 0.1) is 6.92 Å². The average molecular weight is 348 g/mol. The molecule has 0 unspecified atom stereocenters. The van der Waals surface area contributed by atoms with Gasteiger partial charge in [0.15, 0.2) is 0 Å². The second-order valence-electron chi connectivity index (χ2n) is 6.04. The van der Waals surface area contributed by atoms with Crippen LogP contribution in [0.5, 0.6) is 0 Å². The molecule has 1 aromatic heterocycles. The van der Waals surface area contributed by atoms with Crippen LogP contribution in [0.1, 0.15) is 31.2 Å². The van der Waals surface area contributed by atoms with Crippen LogP contribution in [0.15, 0.2) is 35.4 Å². The Morgan fingerprint density at radius 2 is 2.25 bits per heavy atom. The number of ether oxygens (including phenoxy) is 1. The number of fused-ring (bicyclic) bond motifs is 1. The molecule has 0 saturated carbocycles. The van der Waals surface area contributed by atoms with Crippen LogP contribution in [0.25, 0.3) is 10.9 Å². The summed E-state index contributed by atoms with van der Waals surface area (Å²) in [4.78, 5) is 16.2. The molecule has 1 N–H and O–H groups in total. The van der Waals surface area contributed by atoms with Crippen molar-refractivity contribution in [3.05, 3.63) is 36.0 Å². The number of rotatable bonds is 5. The summed E-state index contributed by atoms with van der Waals surface area (Å²) >= 11 is 0. The minimum Gasteiger partial charge on any atom is -0.378 e. The van der Waals surface area contributed by atoms with Gasteiger partial charge in [-0.15, -0.1) is 0 Å². The highest BCUT2D eigenvalue weighted by Crippen LogP contribution is 2.22. The Labute approximate surface area is 141 Å². The molecule has 24 heavy (non-hydrogen) atoms. The normalized spacial score (nSPS) is 18.0. The third-order valence-electron chi connectivity index (χ3n) is 4.07. The van der Waals surface area contributed by atoms with E-state index < -0.39 is 15.9 Å². The fourth-order valence-electron chi connectivity index (χ4n) is 2.88. The standard InChI is InChI=1S/C17H20N2O4S/c1-12-10-13-4-2-6-15(17(13)18-11-12)24(21,22)19-16(20)8-7-14-5-3-9-23-14/h2,4,6,10-11,14H,3,5,7-9H2,1H3,(H,19,20)/t14-/m0/s1. The zero-order valence-electron chi connectivity index (χ0n) is 13.5. The van der Waals surface area contributed by atoms with Gasteiger partial charge in [-0.3, -0.25) is 9.78 Å². The van der Waals surface area contributed by atoms with E-state index in [0.717, 1.165) is 23.8 Å². The van der Waals surface area contributed by atoms with Gasteiger partial charge in [0.1, 0.15) is 4.90 Å². The van der Waals surface area contributed by atoms with E-state index in [1.54, 1.807) is 18.3 Å². The summed E-state index contributed by atoms with van der Waals surface area (Å²) in [7, 11) is -3.95. The number of amides is 1. The lowest BCUT2D eigenvalue weighted by Gasteiger charge is -2.11. The molecule has 2 aromatic rings. The van der Waals surface area contributed by atoms with Crippen LogP contribution in [-0.2, 0) is 19.6 Å². The number of aryl methyl sites for hydroxylation is 1. The molecular formula is C17H20N2O4S. The van der Waals surface area contributed by atoms with Crippen molar-refractivity contribution in [2.24, 2.45) is 0 Å². The van der Waals surface area contributed by atoms with E-state index in [0.29, 0.717) is 18.5 Å². The first-order valence-corrected chi connectivity index (χ1v) is 9.47. The second-order valence-corrected chi connectivity index (χ2v) is 7.69. The zero-order valence-corrected chi connectivity index (χ0v) is 14.3. The van der Waals surface area contributed by atoms with Crippen LogP contribution < -0.4 is 4.72 Å². The number of nitrogens with one attached hydrogen (secondary N) is 1. The van der Waals surface area contributed by atoms with E-state index in [4.69, 9.17) is 4.74 Å². The van der Waals surface area contributed by atoms with Crippen LogP contribution >= 0.6 is 0 Å². The highest BCUT2D eigenvalue weighted by Gasteiger charge is 2.22. The molecule has 0 bridgehead atoms. The molecule has 0 aliphatic carbocycles. The van der Waals surface area contributed by atoms with Gasteiger partial charge in [0.05, 0.1) is 11.6 Å². The Bertz CT molecular complexity index is 858. The molecule has 1 aliphatic heterocycles. The molecule has 128 valence electrons. The molecule has 1 aromatic carbocycles. The first-order chi connectivity index (χ1) is 11.5. The smallest absolute Gasteiger partial charge is 0.266 e. The van der Waals surface area contributed by atoms with Crippen molar-refractivity contribution in [2.45, 2.75) is 43.6 Å². The van der Waals surface area contributed by atoms with Crippen LogP contribution in [0.4, 0.5) is 0 Å². The van der Waals surface area contributed by atoms with Crippen molar-refractivity contribution in [1.29, 1.82) is 0 Å². The number of sulfonamides is 1. The minimum atomic E-state index is -3.95. The van der Waals surface area contributed by atoms with Gasteiger partial charge in [-0.25, -0.2) is 13.1 Å². The summed E-state index contributed by atoms with van der Waals surface area (Å²) in [6.45, 7) is 2.60. The largest absolute Gasteiger partial charge is 0.378 e. The molecule has 2 heterocycles. The maximum absolute atomic E-state index is 12.5. The number of carbonyl (C=O) groups is 1. The Hall–Kier alpha value is -1.99. The minimum absolute atomic E-state index is 0.0190. The lowest BCUT2D eigenvalue weighted by atomic mass is 10.1. The molecule has 1 amide bonds. The first-order valence-electron chi connectivity index (χ1n) is 7.98. The van der Waals surface area contributed by atoms with Crippen molar-refractivity contribution in [2.75, 3.05) is 6.61 Å². The summed E-state index contributed by atoms with van der Waals surface area (Å²) in [5.74, 6) is -0.519. The number of hydrogen-bond donors (Lipinski definition) is 1. The molecule has 1 atom stereocenters. The molecule has 1 saturated heterocycles. The fraction of sp³-hybridized carbons (Fsp3) is 0.412. The van der Waals surface area contributed by atoms with Gasteiger partial charge < -0.3 is 4.74 Å². The number of pyridine rings is 1. The van der Waals surface area contributed by atoms with Gasteiger partial charge in [-0.2, -0.15) is 0 Å². The number of benzene rings is 1. The Kier molecular flexibility index (Phi) is 4.82. The predicted molar refractivity (Wildman–Crippen MR) is 90.0 cm³/mol. The fourth-order valence-corrected chi connectivity index (χ4v) is 4.07. The van der Waals surface area contributed by atoms with Crippen molar-refractivity contribution in [3.8, 4) is 0 Å². The zero-order chi connectivity index (χ0) is 17.2. The number of nitrogens with zero attached hydrogens (tertiary/aromatic N) is 1. The Morgan fingerprint density at radius 1 is 1.42 bits per heavy atom. The average Bonchev–Trinajstić information content (AvgIpc) is 3.05. The molecule has 1 aliphatic rings. The molecule has 1 fully saturated rings. The molecular weight excluding hydrogens is 328 g/mol. The number of para-hydroxylation sites is 1. The summed E-state index contributed by atoms with van der Waals surface area (Å²) < 4.78 is 32.7. The summed E-state index contributed by atoms with van der Waals surface area (Å²) in [6.07, 6.45) is 4.25. The van der Waals surface area contributed by atoms with E-state index in [9.17, 15) is 13.2 Å². The molecule has 0 radical (unpaired) electrons. The van der Waals surface area contributed by atoms with Gasteiger partial charge >= 0.3 is 0 Å². The van der Waals surface area contributed by atoms with Crippen molar-refractivity contribution < 1.29 is 17.9 Å². The third-order valence-corrected chi connectivity index (χ3v) is 5.47. The van der Waals surface area contributed by atoms with E-state index in [-0.39, 0.29) is 17.4 Å². The maximum Gasteiger partial charge on any atom is 0.266 e. The quantitative estimate of drug-likeness (QED) is 0.896. The first kappa shape index (κ1) is 16.9. The third kappa shape index (κ3) is 3.73. The van der Waals surface area contributed by atoms with Gasteiger partial charge in [-0.05, 0) is 43.9 Å². The highest BCUT2D eigenvalue weighted by atomic mass is 32.2. The summed E-state index contributed by atoms with van der Waals surface area (Å²) in [6, 6.07) is 6.77. The molecule has 0 spiro atoms. The second kappa shape index (κ2) is 6.86. The molecule has 7 heteroatoms. The topological polar surface area (TPSA) is 85.4 Å². The Morgan fingerprint density at radius 3 is 3.00 bits per heavy atom. The van der Waals surface area contributed by atoms with Gasteiger partial charge in [0.25, 0.3) is 10.0 Å². The summed E-state index contributed by atoms with van der Waals surface area (Å²) in [5.41, 5.74) is 1.31. The van der Waals surface area contributed by atoms with Crippen molar-refractivity contribution in [3.63, 3.8) is 0 Å². The van der Waals surface area contributed by atoms with E-state index in [2.05, 4.69) is 9.71 Å². The van der Waals surface area contributed by atoms with Gasteiger partial charge in [0.2, 0.25) is 5.91 Å². The number of aromatic nitrogens is 1. The Balaban J connectivity index is 1.76.